The Hall–Kier alpha value is -3.29. The van der Waals surface area contributed by atoms with E-state index in [4.69, 9.17) is 10.2 Å². The number of nitrogens with two attached hydrogens (primary N) is 1. The van der Waals surface area contributed by atoms with Gasteiger partial charge < -0.3 is 10.2 Å². The predicted molar refractivity (Wildman–Crippen MR) is 88.0 cm³/mol. The Morgan fingerprint density at radius 2 is 1.96 bits per heavy atom. The van der Waals surface area contributed by atoms with Crippen LogP contribution in [0.5, 0.6) is 0 Å². The number of furan rings is 1. The topological polar surface area (TPSA) is 109 Å². The van der Waals surface area contributed by atoms with E-state index in [0.29, 0.717) is 29.2 Å². The Morgan fingerprint density at radius 1 is 1.08 bits per heavy atom. The number of aromatic nitrogens is 6. The lowest BCUT2D eigenvalue weighted by Gasteiger charge is -2.04. The van der Waals surface area contributed by atoms with Gasteiger partial charge in [0.2, 0.25) is 5.95 Å². The van der Waals surface area contributed by atoms with Gasteiger partial charge in [0.1, 0.15) is 11.5 Å². The quantitative estimate of drug-likeness (QED) is 0.615. The van der Waals surface area contributed by atoms with Gasteiger partial charge in [-0.3, -0.25) is 4.98 Å². The number of pyridine rings is 1. The molecule has 0 amide bonds. The molecule has 0 aromatic carbocycles. The van der Waals surface area contributed by atoms with Crippen molar-refractivity contribution in [2.45, 2.75) is 20.4 Å². The van der Waals surface area contributed by atoms with Crippen LogP contribution in [-0.4, -0.2) is 29.9 Å². The summed E-state index contributed by atoms with van der Waals surface area (Å²) in [5.74, 6) is 1.52. The zero-order valence-corrected chi connectivity index (χ0v) is 13.3. The third-order valence-electron chi connectivity index (χ3n) is 3.61. The van der Waals surface area contributed by atoms with Crippen LogP contribution < -0.4 is 5.73 Å². The number of hydrogen-bond donors (Lipinski definition) is 1. The highest BCUT2D eigenvalue weighted by molar-refractivity contribution is 5.86. The highest BCUT2D eigenvalue weighted by Gasteiger charge is 2.17. The van der Waals surface area contributed by atoms with Gasteiger partial charge in [0.05, 0.1) is 12.2 Å². The van der Waals surface area contributed by atoms with E-state index >= 15 is 0 Å². The maximum atomic E-state index is 5.87. The van der Waals surface area contributed by atoms with Crippen LogP contribution in [0.15, 0.2) is 34.7 Å². The van der Waals surface area contributed by atoms with Crippen molar-refractivity contribution in [1.29, 1.82) is 0 Å². The highest BCUT2D eigenvalue weighted by Crippen LogP contribution is 2.26. The number of nitrogen functional groups attached to an aromatic ring is 1. The van der Waals surface area contributed by atoms with Crippen molar-refractivity contribution in [3.05, 3.63) is 47.5 Å². The van der Waals surface area contributed by atoms with Crippen LogP contribution in [0.3, 0.4) is 0 Å². The SMILES string of the molecule is Cc1cccc(Cn2nnc3c(-c4ccc(C)o4)nc(N)nc32)n1. The lowest BCUT2D eigenvalue weighted by Crippen LogP contribution is -2.06. The summed E-state index contributed by atoms with van der Waals surface area (Å²) >= 11 is 0. The van der Waals surface area contributed by atoms with Gasteiger partial charge in [0, 0.05) is 5.69 Å². The number of aryl methyl sites for hydroxylation is 2. The minimum Gasteiger partial charge on any atom is -0.460 e. The number of nitrogens with zero attached hydrogens (tertiary/aromatic N) is 6. The van der Waals surface area contributed by atoms with Crippen LogP contribution in [0, 0.1) is 13.8 Å². The minimum atomic E-state index is 0.146. The summed E-state index contributed by atoms with van der Waals surface area (Å²) in [7, 11) is 0. The lowest BCUT2D eigenvalue weighted by atomic mass is 10.3. The molecule has 24 heavy (non-hydrogen) atoms. The number of anilines is 1. The van der Waals surface area contributed by atoms with Gasteiger partial charge >= 0.3 is 0 Å². The zero-order chi connectivity index (χ0) is 16.7. The summed E-state index contributed by atoms with van der Waals surface area (Å²) in [5.41, 5.74) is 9.31. The van der Waals surface area contributed by atoms with Crippen molar-refractivity contribution >= 4 is 17.1 Å². The van der Waals surface area contributed by atoms with Crippen LogP contribution in [0.2, 0.25) is 0 Å². The molecular formula is C16H15N7O. The molecule has 0 saturated carbocycles. The Morgan fingerprint density at radius 3 is 2.71 bits per heavy atom. The molecule has 0 radical (unpaired) electrons. The standard InChI is InChI=1S/C16H15N7O/c1-9-4-3-5-11(18-9)8-23-15-14(21-22-23)13(19-16(17)20-15)12-7-6-10(2)24-12/h3-7H,8H2,1-2H3,(H2,17,19,20). The fraction of sp³-hybridized carbons (Fsp3) is 0.188. The predicted octanol–water partition coefficient (Wildman–Crippen LogP) is 2.12. The van der Waals surface area contributed by atoms with Crippen LogP contribution >= 0.6 is 0 Å². The average Bonchev–Trinajstić information content (AvgIpc) is 3.14. The maximum Gasteiger partial charge on any atom is 0.222 e. The summed E-state index contributed by atoms with van der Waals surface area (Å²) in [5, 5.41) is 8.39. The van der Waals surface area contributed by atoms with Crippen molar-refractivity contribution < 1.29 is 4.42 Å². The van der Waals surface area contributed by atoms with Crippen LogP contribution in [0.25, 0.3) is 22.6 Å². The van der Waals surface area contributed by atoms with Crippen LogP contribution in [0.4, 0.5) is 5.95 Å². The summed E-state index contributed by atoms with van der Waals surface area (Å²) in [6.07, 6.45) is 0. The molecule has 0 aliphatic heterocycles. The molecule has 0 spiro atoms. The first kappa shape index (κ1) is 14.3. The normalized spacial score (nSPS) is 11.2. The van der Waals surface area contributed by atoms with Gasteiger partial charge in [-0.25, -0.2) is 9.67 Å². The largest absolute Gasteiger partial charge is 0.460 e. The first-order chi connectivity index (χ1) is 11.6. The molecule has 0 saturated heterocycles. The van der Waals surface area contributed by atoms with E-state index in [1.54, 1.807) is 4.68 Å². The molecule has 4 aromatic heterocycles. The van der Waals surface area contributed by atoms with Crippen molar-refractivity contribution in [3.8, 4) is 11.5 Å². The molecule has 0 aliphatic carbocycles. The Kier molecular flexibility index (Phi) is 3.23. The zero-order valence-electron chi connectivity index (χ0n) is 13.3. The van der Waals surface area contributed by atoms with Crippen molar-refractivity contribution in [2.75, 3.05) is 5.73 Å². The second kappa shape index (κ2) is 5.41. The Bertz CT molecular complexity index is 1030. The number of rotatable bonds is 3. The molecule has 2 N–H and O–H groups in total. The molecule has 120 valence electrons. The molecule has 0 bridgehead atoms. The molecule has 4 heterocycles. The van der Waals surface area contributed by atoms with Crippen LogP contribution in [0.1, 0.15) is 17.1 Å². The highest BCUT2D eigenvalue weighted by atomic mass is 16.3. The van der Waals surface area contributed by atoms with Gasteiger partial charge in [0.15, 0.2) is 16.9 Å². The molecule has 8 nitrogen and oxygen atoms in total. The molecule has 4 aromatic rings. The summed E-state index contributed by atoms with van der Waals surface area (Å²) in [6.45, 7) is 4.26. The fourth-order valence-corrected chi connectivity index (χ4v) is 2.55. The van der Waals surface area contributed by atoms with Crippen molar-refractivity contribution in [3.63, 3.8) is 0 Å². The third-order valence-corrected chi connectivity index (χ3v) is 3.61. The first-order valence-corrected chi connectivity index (χ1v) is 7.46. The molecule has 0 fully saturated rings. The molecular weight excluding hydrogens is 306 g/mol. The third kappa shape index (κ3) is 2.47. The van der Waals surface area contributed by atoms with Gasteiger partial charge in [-0.2, -0.15) is 4.98 Å². The first-order valence-electron chi connectivity index (χ1n) is 7.46. The molecule has 0 aliphatic rings. The van der Waals surface area contributed by atoms with Crippen molar-refractivity contribution in [1.82, 2.24) is 29.9 Å². The van der Waals surface area contributed by atoms with E-state index in [0.717, 1.165) is 17.1 Å². The average molecular weight is 321 g/mol. The van der Waals surface area contributed by atoms with E-state index in [2.05, 4.69) is 25.3 Å². The van der Waals surface area contributed by atoms with Crippen molar-refractivity contribution in [2.24, 2.45) is 0 Å². The van der Waals surface area contributed by atoms with E-state index in [1.165, 1.54) is 0 Å². The van der Waals surface area contributed by atoms with Crippen LogP contribution in [-0.2, 0) is 6.54 Å². The van der Waals surface area contributed by atoms with Gasteiger partial charge in [-0.1, -0.05) is 11.3 Å². The second-order valence-corrected chi connectivity index (χ2v) is 5.53. The molecule has 0 atom stereocenters. The van der Waals surface area contributed by atoms with Gasteiger partial charge in [-0.15, -0.1) is 5.10 Å². The maximum absolute atomic E-state index is 5.87. The molecule has 4 rings (SSSR count). The second-order valence-electron chi connectivity index (χ2n) is 5.53. The van der Waals surface area contributed by atoms with E-state index < -0.39 is 0 Å². The summed E-state index contributed by atoms with van der Waals surface area (Å²) < 4.78 is 7.30. The molecule has 0 unspecified atom stereocenters. The van der Waals surface area contributed by atoms with Gasteiger partial charge in [-0.05, 0) is 38.1 Å². The lowest BCUT2D eigenvalue weighted by molar-refractivity contribution is 0.547. The summed E-state index contributed by atoms with van der Waals surface area (Å²) in [4.78, 5) is 13.0. The monoisotopic (exact) mass is 321 g/mol. The van der Waals surface area contributed by atoms with E-state index in [1.807, 2.05) is 44.2 Å². The Labute approximate surface area is 137 Å². The smallest absolute Gasteiger partial charge is 0.222 e. The number of fused-ring (bicyclic) bond motifs is 1. The van der Waals surface area contributed by atoms with Gasteiger partial charge in [0.25, 0.3) is 0 Å². The summed E-state index contributed by atoms with van der Waals surface area (Å²) in [6, 6.07) is 9.53. The Balaban J connectivity index is 1.83. The number of hydrogen-bond acceptors (Lipinski definition) is 7. The molecule has 8 heteroatoms. The fourth-order valence-electron chi connectivity index (χ4n) is 2.55. The van der Waals surface area contributed by atoms with E-state index in [-0.39, 0.29) is 5.95 Å². The minimum absolute atomic E-state index is 0.146. The van der Waals surface area contributed by atoms with E-state index in [9.17, 15) is 0 Å².